The summed E-state index contributed by atoms with van der Waals surface area (Å²) in [5.74, 6) is 1.99. The zero-order valence-corrected chi connectivity index (χ0v) is 19.8. The second-order valence-corrected chi connectivity index (χ2v) is 9.64. The molecule has 2 fully saturated rings. The number of ether oxygens (including phenoxy) is 1. The van der Waals surface area contributed by atoms with Crippen molar-refractivity contribution in [2.45, 2.75) is 56.4 Å². The molecule has 172 valence electrons. The third kappa shape index (κ3) is 4.51. The van der Waals surface area contributed by atoms with Crippen LogP contribution in [-0.2, 0) is 4.79 Å². The maximum Gasteiger partial charge on any atom is 0.265 e. The standard InChI is InChI=1S/C26H29N3O3S/c1-17-27-24-11-10-22(33)16-23(24)26(31)29(17)19-6-8-20(9-7-19)32-21-12-14-28(15-13-21)25(30)18-4-2-3-5-18/h6-11,16,18,21,33H,2-5,12-15H2,1H3. The van der Waals surface area contributed by atoms with E-state index in [1.807, 2.05) is 48.2 Å². The quantitative estimate of drug-likeness (QED) is 0.577. The Balaban J connectivity index is 1.26. The molecule has 1 aliphatic carbocycles. The number of hydrogen-bond donors (Lipinski definition) is 1. The average Bonchev–Trinajstić information content (AvgIpc) is 3.36. The van der Waals surface area contributed by atoms with Crippen molar-refractivity contribution >= 4 is 29.4 Å². The molecule has 0 radical (unpaired) electrons. The Morgan fingerprint density at radius 3 is 2.42 bits per heavy atom. The van der Waals surface area contributed by atoms with Gasteiger partial charge in [-0.1, -0.05) is 12.8 Å². The molecule has 0 bridgehead atoms. The maximum atomic E-state index is 13.1. The van der Waals surface area contributed by atoms with E-state index in [-0.39, 0.29) is 17.6 Å². The molecule has 1 saturated heterocycles. The van der Waals surface area contributed by atoms with Crippen LogP contribution < -0.4 is 10.3 Å². The van der Waals surface area contributed by atoms with Gasteiger partial charge in [0.15, 0.2) is 0 Å². The van der Waals surface area contributed by atoms with Gasteiger partial charge in [-0.15, -0.1) is 12.6 Å². The summed E-state index contributed by atoms with van der Waals surface area (Å²) in [6.45, 7) is 3.37. The van der Waals surface area contributed by atoms with Crippen LogP contribution in [0.3, 0.4) is 0 Å². The van der Waals surface area contributed by atoms with Crippen LogP contribution in [0.1, 0.15) is 44.3 Å². The molecule has 6 nitrogen and oxygen atoms in total. The van der Waals surface area contributed by atoms with Crippen LogP contribution in [0.2, 0.25) is 0 Å². The number of hydrogen-bond acceptors (Lipinski definition) is 5. The van der Waals surface area contributed by atoms with Crippen LogP contribution >= 0.6 is 12.6 Å². The Labute approximate surface area is 199 Å². The van der Waals surface area contributed by atoms with E-state index >= 15 is 0 Å². The largest absolute Gasteiger partial charge is 0.490 e. The van der Waals surface area contributed by atoms with Crippen LogP contribution in [-0.4, -0.2) is 39.6 Å². The summed E-state index contributed by atoms with van der Waals surface area (Å²) in [5.41, 5.74) is 1.31. The van der Waals surface area contributed by atoms with E-state index in [4.69, 9.17) is 4.74 Å². The van der Waals surface area contributed by atoms with Gasteiger partial charge in [0.05, 0.1) is 16.6 Å². The monoisotopic (exact) mass is 463 g/mol. The number of benzene rings is 2. The summed E-state index contributed by atoms with van der Waals surface area (Å²) >= 11 is 4.36. The molecule has 5 rings (SSSR count). The fourth-order valence-electron chi connectivity index (χ4n) is 5.08. The minimum atomic E-state index is -0.110. The Hall–Kier alpha value is -2.80. The van der Waals surface area contributed by atoms with Crippen molar-refractivity contribution < 1.29 is 9.53 Å². The zero-order valence-electron chi connectivity index (χ0n) is 18.9. The van der Waals surface area contributed by atoms with Crippen molar-refractivity contribution in [3.63, 3.8) is 0 Å². The van der Waals surface area contributed by atoms with Crippen LogP contribution in [0, 0.1) is 12.8 Å². The van der Waals surface area contributed by atoms with Crippen LogP contribution in [0.15, 0.2) is 52.2 Å². The highest BCUT2D eigenvalue weighted by atomic mass is 32.1. The fourth-order valence-corrected chi connectivity index (χ4v) is 5.28. The lowest BCUT2D eigenvalue weighted by molar-refractivity contribution is -0.137. The molecule has 1 saturated carbocycles. The molecule has 3 aromatic rings. The highest BCUT2D eigenvalue weighted by molar-refractivity contribution is 7.80. The number of aromatic nitrogens is 2. The number of amides is 1. The van der Waals surface area contributed by atoms with Gasteiger partial charge in [-0.3, -0.25) is 14.2 Å². The summed E-state index contributed by atoms with van der Waals surface area (Å²) in [6, 6.07) is 13.0. The smallest absolute Gasteiger partial charge is 0.265 e. The molecule has 1 amide bonds. The van der Waals surface area contributed by atoms with Gasteiger partial charge in [0.25, 0.3) is 5.56 Å². The molecule has 7 heteroatoms. The van der Waals surface area contributed by atoms with E-state index in [2.05, 4.69) is 17.6 Å². The summed E-state index contributed by atoms with van der Waals surface area (Å²) in [6.07, 6.45) is 6.26. The zero-order chi connectivity index (χ0) is 22.9. The molecule has 33 heavy (non-hydrogen) atoms. The lowest BCUT2D eigenvalue weighted by Crippen LogP contribution is -2.43. The fraction of sp³-hybridized carbons (Fsp3) is 0.423. The van der Waals surface area contributed by atoms with Crippen molar-refractivity contribution in [2.75, 3.05) is 13.1 Å². The Morgan fingerprint density at radius 1 is 1.03 bits per heavy atom. The topological polar surface area (TPSA) is 64.4 Å². The van der Waals surface area contributed by atoms with Gasteiger partial charge in [-0.05, 0) is 62.2 Å². The summed E-state index contributed by atoms with van der Waals surface area (Å²) in [7, 11) is 0. The number of aryl methyl sites for hydroxylation is 1. The van der Waals surface area contributed by atoms with E-state index in [0.29, 0.717) is 22.6 Å². The minimum Gasteiger partial charge on any atom is -0.490 e. The molecule has 2 heterocycles. The van der Waals surface area contributed by atoms with Gasteiger partial charge < -0.3 is 9.64 Å². The number of carbonyl (C=O) groups is 1. The SMILES string of the molecule is Cc1nc2ccc(S)cc2c(=O)n1-c1ccc(OC2CCN(C(=O)C3CCCC3)CC2)cc1. The van der Waals surface area contributed by atoms with Crippen LogP contribution in [0.5, 0.6) is 5.75 Å². The van der Waals surface area contributed by atoms with E-state index in [9.17, 15) is 9.59 Å². The van der Waals surface area contributed by atoms with Gasteiger partial charge in [0.2, 0.25) is 5.91 Å². The molecule has 0 N–H and O–H groups in total. The van der Waals surface area contributed by atoms with Gasteiger partial charge in [-0.25, -0.2) is 4.98 Å². The number of thiol groups is 1. The summed E-state index contributed by atoms with van der Waals surface area (Å²) in [5, 5.41) is 0.548. The second-order valence-electron chi connectivity index (χ2n) is 9.12. The Kier molecular flexibility index (Phi) is 6.15. The first kappa shape index (κ1) is 22.0. The van der Waals surface area contributed by atoms with Gasteiger partial charge in [0, 0.05) is 36.7 Å². The number of carbonyl (C=O) groups excluding carboxylic acids is 1. The Morgan fingerprint density at radius 2 is 1.73 bits per heavy atom. The highest BCUT2D eigenvalue weighted by Crippen LogP contribution is 2.28. The van der Waals surface area contributed by atoms with Gasteiger partial charge >= 0.3 is 0 Å². The number of rotatable bonds is 4. The molecule has 1 aromatic heterocycles. The van der Waals surface area contributed by atoms with E-state index < -0.39 is 0 Å². The first-order valence-corrected chi connectivity index (χ1v) is 12.2. The molecule has 0 spiro atoms. The lowest BCUT2D eigenvalue weighted by Gasteiger charge is -2.33. The van der Waals surface area contributed by atoms with Crippen LogP contribution in [0.25, 0.3) is 16.6 Å². The Bertz CT molecular complexity index is 1220. The van der Waals surface area contributed by atoms with E-state index in [1.54, 1.807) is 10.6 Å². The van der Waals surface area contributed by atoms with E-state index in [0.717, 1.165) is 55.1 Å². The summed E-state index contributed by atoms with van der Waals surface area (Å²) in [4.78, 5) is 33.1. The lowest BCUT2D eigenvalue weighted by atomic mass is 10.0. The number of fused-ring (bicyclic) bond motifs is 1. The predicted molar refractivity (Wildman–Crippen MR) is 132 cm³/mol. The van der Waals surface area contributed by atoms with Gasteiger partial charge in [0.1, 0.15) is 17.7 Å². The molecule has 2 aliphatic rings. The van der Waals surface area contributed by atoms with Crippen molar-refractivity contribution in [1.29, 1.82) is 0 Å². The van der Waals surface area contributed by atoms with Gasteiger partial charge in [-0.2, -0.15) is 0 Å². The third-order valence-electron chi connectivity index (χ3n) is 6.88. The van der Waals surface area contributed by atoms with Crippen molar-refractivity contribution in [2.24, 2.45) is 5.92 Å². The normalized spacial score (nSPS) is 17.6. The maximum absolute atomic E-state index is 13.1. The van der Waals surface area contributed by atoms with Crippen molar-refractivity contribution in [3.8, 4) is 11.4 Å². The second kappa shape index (κ2) is 9.21. The predicted octanol–water partition coefficient (Wildman–Crippen LogP) is 4.54. The molecular weight excluding hydrogens is 434 g/mol. The van der Waals surface area contributed by atoms with Crippen molar-refractivity contribution in [1.82, 2.24) is 14.5 Å². The van der Waals surface area contributed by atoms with E-state index in [1.165, 1.54) is 12.8 Å². The van der Waals surface area contributed by atoms with Crippen molar-refractivity contribution in [3.05, 3.63) is 58.6 Å². The highest BCUT2D eigenvalue weighted by Gasteiger charge is 2.30. The minimum absolute atomic E-state index is 0.101. The number of nitrogens with zero attached hydrogens (tertiary/aromatic N) is 3. The third-order valence-corrected chi connectivity index (χ3v) is 7.15. The molecule has 0 atom stereocenters. The number of piperidine rings is 1. The molecular formula is C26H29N3O3S. The molecule has 1 aliphatic heterocycles. The molecule has 0 unspecified atom stereocenters. The average molecular weight is 464 g/mol. The number of likely N-dealkylation sites (tertiary alicyclic amines) is 1. The summed E-state index contributed by atoms with van der Waals surface area (Å²) < 4.78 is 7.81. The molecule has 2 aromatic carbocycles. The first-order chi connectivity index (χ1) is 16.0. The first-order valence-electron chi connectivity index (χ1n) is 11.8. The van der Waals surface area contributed by atoms with Crippen LogP contribution in [0.4, 0.5) is 0 Å².